The van der Waals surface area contributed by atoms with E-state index in [-0.39, 0.29) is 30.8 Å². The third kappa shape index (κ3) is 10.1. The number of carboxylic acids is 1. The molecule has 0 aliphatic rings. The average molecular weight is 390 g/mol. The van der Waals surface area contributed by atoms with Gasteiger partial charge in [-0.2, -0.15) is 12.6 Å². The summed E-state index contributed by atoms with van der Waals surface area (Å²) in [5.74, 6) is -1.66. The van der Waals surface area contributed by atoms with Crippen molar-refractivity contribution in [3.05, 3.63) is 0 Å². The summed E-state index contributed by atoms with van der Waals surface area (Å²) in [6.07, 6.45) is 1.23. The summed E-state index contributed by atoms with van der Waals surface area (Å²) in [6, 6.07) is -1.93. The number of guanidine groups is 1. The van der Waals surface area contributed by atoms with Gasteiger partial charge in [0.1, 0.15) is 12.1 Å². The monoisotopic (exact) mass is 389 g/mol. The molecular formula is C16H31N5O4S. The molecule has 0 spiro atoms. The zero-order chi connectivity index (χ0) is 20.3. The number of hydrogen-bond donors (Lipinski definition) is 6. The van der Waals surface area contributed by atoms with Gasteiger partial charge >= 0.3 is 5.97 Å². The molecule has 0 saturated carbocycles. The number of thiol groups is 1. The van der Waals surface area contributed by atoms with E-state index in [0.717, 1.165) is 0 Å². The van der Waals surface area contributed by atoms with Crippen molar-refractivity contribution in [2.75, 3.05) is 12.3 Å². The molecular weight excluding hydrogens is 358 g/mol. The number of nitrogens with zero attached hydrogens (tertiary/aromatic N) is 1. The molecule has 0 radical (unpaired) electrons. The summed E-state index contributed by atoms with van der Waals surface area (Å²) < 4.78 is 0. The van der Waals surface area contributed by atoms with Crippen LogP contribution in [0, 0.1) is 11.8 Å². The first-order chi connectivity index (χ1) is 12.1. The molecule has 0 aromatic heterocycles. The summed E-state index contributed by atoms with van der Waals surface area (Å²) in [4.78, 5) is 39.5. The van der Waals surface area contributed by atoms with E-state index in [9.17, 15) is 19.5 Å². The lowest BCUT2D eigenvalue weighted by molar-refractivity contribution is -0.142. The summed E-state index contributed by atoms with van der Waals surface area (Å²) in [5, 5.41) is 14.3. The summed E-state index contributed by atoms with van der Waals surface area (Å²) in [5.41, 5.74) is 10.4. The Labute approximate surface area is 159 Å². The third-order valence-corrected chi connectivity index (χ3v) is 4.10. The van der Waals surface area contributed by atoms with E-state index in [2.05, 4.69) is 28.3 Å². The van der Waals surface area contributed by atoms with E-state index in [1.165, 1.54) is 6.92 Å². The molecule has 0 aromatic carbocycles. The van der Waals surface area contributed by atoms with Gasteiger partial charge in [-0.3, -0.25) is 14.6 Å². The maximum absolute atomic E-state index is 12.2. The predicted octanol–water partition coefficient (Wildman–Crippen LogP) is -0.294. The van der Waals surface area contributed by atoms with Crippen molar-refractivity contribution in [2.24, 2.45) is 28.3 Å². The van der Waals surface area contributed by atoms with Crippen LogP contribution in [0.3, 0.4) is 0 Å². The number of carbonyl (C=O) groups excluding carboxylic acids is 2. The van der Waals surface area contributed by atoms with Crippen LogP contribution in [0.2, 0.25) is 0 Å². The van der Waals surface area contributed by atoms with Gasteiger partial charge in [0.05, 0.1) is 0 Å². The van der Waals surface area contributed by atoms with Gasteiger partial charge in [-0.1, -0.05) is 13.8 Å². The highest BCUT2D eigenvalue weighted by atomic mass is 32.1. The first-order valence-corrected chi connectivity index (χ1v) is 9.21. The number of aliphatic imine (C=N–C) groups is 1. The standard InChI is InChI=1S/C16H31N5O4S/c1-9(2)7-11(8-26)14(23)20-10(3)13(22)21-12(15(24)25)5-4-6-19-16(17)18/h9-12,26H,4-8H2,1-3H3,(H,20,23)(H,21,22)(H,24,25)(H4,17,18,19)/t10-,11?,12-/m0/s1. The molecule has 0 saturated heterocycles. The van der Waals surface area contributed by atoms with Gasteiger partial charge in [-0.05, 0) is 32.1 Å². The van der Waals surface area contributed by atoms with Gasteiger partial charge in [0.2, 0.25) is 11.8 Å². The normalized spacial score (nSPS) is 14.2. The van der Waals surface area contributed by atoms with Gasteiger partial charge in [0.25, 0.3) is 0 Å². The quantitative estimate of drug-likeness (QED) is 0.116. The lowest BCUT2D eigenvalue weighted by Gasteiger charge is -2.21. The molecule has 150 valence electrons. The van der Waals surface area contributed by atoms with Crippen molar-refractivity contribution in [2.45, 2.75) is 52.1 Å². The molecule has 0 aliphatic carbocycles. The molecule has 0 aromatic rings. The van der Waals surface area contributed by atoms with Crippen LogP contribution in [0.15, 0.2) is 4.99 Å². The van der Waals surface area contributed by atoms with Crippen molar-refractivity contribution >= 4 is 36.4 Å². The number of amides is 2. The fourth-order valence-corrected chi connectivity index (χ4v) is 2.60. The van der Waals surface area contributed by atoms with E-state index >= 15 is 0 Å². The van der Waals surface area contributed by atoms with Crippen LogP contribution in [-0.4, -0.2) is 53.2 Å². The molecule has 3 atom stereocenters. The SMILES string of the molecule is CC(C)CC(CS)C(=O)N[C@@H](C)C(=O)N[C@@H](CCCN=C(N)N)C(=O)O. The largest absolute Gasteiger partial charge is 0.480 e. The van der Waals surface area contributed by atoms with Crippen LogP contribution in [0.4, 0.5) is 0 Å². The number of aliphatic carboxylic acids is 1. The maximum Gasteiger partial charge on any atom is 0.326 e. The van der Waals surface area contributed by atoms with Crippen molar-refractivity contribution in [1.82, 2.24) is 10.6 Å². The lowest BCUT2D eigenvalue weighted by atomic mass is 9.97. The Morgan fingerprint density at radius 2 is 1.73 bits per heavy atom. The van der Waals surface area contributed by atoms with E-state index in [1.807, 2.05) is 13.8 Å². The molecule has 7 N–H and O–H groups in total. The number of carboxylic acid groups (broad SMARTS) is 1. The average Bonchev–Trinajstić information content (AvgIpc) is 2.54. The van der Waals surface area contributed by atoms with E-state index in [4.69, 9.17) is 11.5 Å². The molecule has 10 heteroatoms. The van der Waals surface area contributed by atoms with Gasteiger partial charge < -0.3 is 27.2 Å². The maximum atomic E-state index is 12.2. The van der Waals surface area contributed by atoms with Crippen LogP contribution < -0.4 is 22.1 Å². The van der Waals surface area contributed by atoms with Gasteiger partial charge in [0.15, 0.2) is 5.96 Å². The second kappa shape index (κ2) is 12.4. The molecule has 0 fully saturated rings. The van der Waals surface area contributed by atoms with E-state index in [0.29, 0.717) is 24.5 Å². The molecule has 1 unspecified atom stereocenters. The van der Waals surface area contributed by atoms with Gasteiger partial charge in [-0.15, -0.1) is 0 Å². The molecule has 9 nitrogen and oxygen atoms in total. The number of nitrogens with one attached hydrogen (secondary N) is 2. The van der Waals surface area contributed by atoms with Crippen molar-refractivity contribution in [3.8, 4) is 0 Å². The Kier molecular flexibility index (Phi) is 11.5. The van der Waals surface area contributed by atoms with Crippen LogP contribution in [-0.2, 0) is 14.4 Å². The Balaban J connectivity index is 4.60. The van der Waals surface area contributed by atoms with Crippen LogP contribution >= 0.6 is 12.6 Å². The van der Waals surface area contributed by atoms with Crippen LogP contribution in [0.1, 0.15) is 40.0 Å². The van der Waals surface area contributed by atoms with Crippen LogP contribution in [0.5, 0.6) is 0 Å². The van der Waals surface area contributed by atoms with Crippen LogP contribution in [0.25, 0.3) is 0 Å². The first-order valence-electron chi connectivity index (χ1n) is 8.58. The molecule has 2 amide bonds. The highest BCUT2D eigenvalue weighted by Gasteiger charge is 2.26. The van der Waals surface area contributed by atoms with Crippen molar-refractivity contribution in [3.63, 3.8) is 0 Å². The molecule has 0 rings (SSSR count). The number of rotatable bonds is 12. The highest BCUT2D eigenvalue weighted by Crippen LogP contribution is 2.13. The first kappa shape index (κ1) is 24.0. The van der Waals surface area contributed by atoms with Gasteiger partial charge in [0, 0.05) is 18.2 Å². The predicted molar refractivity (Wildman–Crippen MR) is 104 cm³/mol. The molecule has 0 bridgehead atoms. The molecule has 0 heterocycles. The number of hydrogen-bond acceptors (Lipinski definition) is 5. The van der Waals surface area contributed by atoms with Crippen molar-refractivity contribution in [1.29, 1.82) is 0 Å². The Hall–Kier alpha value is -1.97. The molecule has 26 heavy (non-hydrogen) atoms. The fraction of sp³-hybridized carbons (Fsp3) is 0.750. The van der Waals surface area contributed by atoms with E-state index in [1.54, 1.807) is 0 Å². The Morgan fingerprint density at radius 3 is 2.19 bits per heavy atom. The zero-order valence-corrected chi connectivity index (χ0v) is 16.5. The zero-order valence-electron chi connectivity index (χ0n) is 15.6. The lowest BCUT2D eigenvalue weighted by Crippen LogP contribution is -2.51. The number of carbonyl (C=O) groups is 3. The van der Waals surface area contributed by atoms with E-state index < -0.39 is 24.0 Å². The van der Waals surface area contributed by atoms with Crippen molar-refractivity contribution < 1.29 is 19.5 Å². The third-order valence-electron chi connectivity index (χ3n) is 3.66. The Morgan fingerprint density at radius 1 is 1.12 bits per heavy atom. The minimum absolute atomic E-state index is 0.0719. The number of nitrogens with two attached hydrogens (primary N) is 2. The fourth-order valence-electron chi connectivity index (χ4n) is 2.29. The summed E-state index contributed by atoms with van der Waals surface area (Å²) in [6.45, 7) is 5.78. The minimum atomic E-state index is -1.16. The highest BCUT2D eigenvalue weighted by molar-refractivity contribution is 7.80. The second-order valence-electron chi connectivity index (χ2n) is 6.59. The summed E-state index contributed by atoms with van der Waals surface area (Å²) in [7, 11) is 0. The Bertz CT molecular complexity index is 509. The minimum Gasteiger partial charge on any atom is -0.480 e. The van der Waals surface area contributed by atoms with Gasteiger partial charge in [-0.25, -0.2) is 4.79 Å². The topological polar surface area (TPSA) is 160 Å². The second-order valence-corrected chi connectivity index (χ2v) is 6.95. The smallest absolute Gasteiger partial charge is 0.326 e. The molecule has 0 aliphatic heterocycles. The summed E-state index contributed by atoms with van der Waals surface area (Å²) >= 11 is 4.18.